The molecule has 0 aromatic heterocycles. The summed E-state index contributed by atoms with van der Waals surface area (Å²) < 4.78 is 5.50. The van der Waals surface area contributed by atoms with Crippen LogP contribution in [0.5, 0.6) is 5.75 Å². The van der Waals surface area contributed by atoms with Gasteiger partial charge in [0.25, 0.3) is 0 Å². The van der Waals surface area contributed by atoms with E-state index in [-0.39, 0.29) is 0 Å². The number of likely N-dealkylation sites (tertiary alicyclic amines) is 1. The van der Waals surface area contributed by atoms with Crippen molar-refractivity contribution in [3.05, 3.63) is 29.8 Å². The molecule has 0 radical (unpaired) electrons. The second-order valence-corrected chi connectivity index (χ2v) is 7.72. The SMILES string of the molecule is CCOc1ccc(CN2CCN(CC(=O)N3CCCC(C)C3)CC2)cc1. The van der Waals surface area contributed by atoms with Gasteiger partial charge in [0.15, 0.2) is 0 Å². The van der Waals surface area contributed by atoms with E-state index < -0.39 is 0 Å². The zero-order valence-electron chi connectivity index (χ0n) is 16.3. The van der Waals surface area contributed by atoms with Crippen LogP contribution in [0.15, 0.2) is 24.3 Å². The van der Waals surface area contributed by atoms with Crippen molar-refractivity contribution in [2.45, 2.75) is 33.2 Å². The minimum absolute atomic E-state index is 0.316. The molecule has 0 aliphatic carbocycles. The van der Waals surface area contributed by atoms with E-state index in [0.717, 1.165) is 58.0 Å². The second-order valence-electron chi connectivity index (χ2n) is 7.72. The van der Waals surface area contributed by atoms with Gasteiger partial charge in [-0.15, -0.1) is 0 Å². The summed E-state index contributed by atoms with van der Waals surface area (Å²) in [7, 11) is 0. The monoisotopic (exact) mass is 359 g/mol. The molecule has 2 saturated heterocycles. The van der Waals surface area contributed by atoms with Crippen LogP contribution in [0.2, 0.25) is 0 Å². The molecule has 1 amide bonds. The fourth-order valence-corrected chi connectivity index (χ4v) is 3.93. The van der Waals surface area contributed by atoms with Gasteiger partial charge in [-0.05, 0) is 43.4 Å². The highest BCUT2D eigenvalue weighted by Crippen LogP contribution is 2.17. The Morgan fingerprint density at radius 3 is 2.42 bits per heavy atom. The third-order valence-electron chi connectivity index (χ3n) is 5.47. The van der Waals surface area contributed by atoms with Crippen LogP contribution >= 0.6 is 0 Å². The molecule has 2 aliphatic heterocycles. The molecule has 5 nitrogen and oxygen atoms in total. The molecule has 0 saturated carbocycles. The minimum atomic E-state index is 0.316. The van der Waals surface area contributed by atoms with Gasteiger partial charge in [0.05, 0.1) is 13.2 Å². The van der Waals surface area contributed by atoms with Crippen molar-refractivity contribution in [2.24, 2.45) is 5.92 Å². The van der Waals surface area contributed by atoms with Crippen molar-refractivity contribution >= 4 is 5.91 Å². The van der Waals surface area contributed by atoms with Crippen LogP contribution < -0.4 is 4.74 Å². The number of piperazine rings is 1. The lowest BCUT2D eigenvalue weighted by Crippen LogP contribution is -2.50. The molecule has 1 aromatic carbocycles. The van der Waals surface area contributed by atoms with Gasteiger partial charge >= 0.3 is 0 Å². The summed E-state index contributed by atoms with van der Waals surface area (Å²) in [5.41, 5.74) is 1.32. The first-order valence-electron chi connectivity index (χ1n) is 10.1. The van der Waals surface area contributed by atoms with Crippen LogP contribution in [0, 0.1) is 5.92 Å². The predicted octanol–water partition coefficient (Wildman–Crippen LogP) is 2.46. The van der Waals surface area contributed by atoms with Crippen molar-refractivity contribution in [3.8, 4) is 5.75 Å². The molecule has 2 heterocycles. The molecular weight excluding hydrogens is 326 g/mol. The third kappa shape index (κ3) is 5.45. The molecule has 1 unspecified atom stereocenters. The summed E-state index contributed by atoms with van der Waals surface area (Å²) in [4.78, 5) is 19.4. The van der Waals surface area contributed by atoms with E-state index in [9.17, 15) is 4.79 Å². The minimum Gasteiger partial charge on any atom is -0.494 e. The van der Waals surface area contributed by atoms with Gasteiger partial charge in [0.2, 0.25) is 5.91 Å². The van der Waals surface area contributed by atoms with Crippen LogP contribution in [0.25, 0.3) is 0 Å². The number of hydrogen-bond donors (Lipinski definition) is 0. The van der Waals surface area contributed by atoms with Crippen molar-refractivity contribution in [3.63, 3.8) is 0 Å². The Balaban J connectivity index is 1.40. The Kier molecular flexibility index (Phi) is 6.92. The summed E-state index contributed by atoms with van der Waals surface area (Å²) in [6.07, 6.45) is 2.41. The molecule has 5 heteroatoms. The Morgan fingerprint density at radius 2 is 1.77 bits per heavy atom. The smallest absolute Gasteiger partial charge is 0.236 e. The summed E-state index contributed by atoms with van der Waals surface area (Å²) in [5, 5.41) is 0. The van der Waals surface area contributed by atoms with E-state index in [1.807, 2.05) is 19.1 Å². The Hall–Kier alpha value is -1.59. The average molecular weight is 360 g/mol. The average Bonchev–Trinajstić information content (AvgIpc) is 2.65. The summed E-state index contributed by atoms with van der Waals surface area (Å²) >= 11 is 0. The first-order chi connectivity index (χ1) is 12.6. The van der Waals surface area contributed by atoms with Gasteiger partial charge in [0.1, 0.15) is 5.75 Å². The topological polar surface area (TPSA) is 36.0 Å². The molecule has 0 spiro atoms. The number of carbonyl (C=O) groups excluding carboxylic acids is 1. The first-order valence-corrected chi connectivity index (χ1v) is 10.1. The normalized spacial score (nSPS) is 22.4. The molecule has 3 rings (SSSR count). The van der Waals surface area contributed by atoms with E-state index >= 15 is 0 Å². The number of benzene rings is 1. The van der Waals surface area contributed by atoms with E-state index in [2.05, 4.69) is 33.8 Å². The van der Waals surface area contributed by atoms with Crippen LogP contribution in [0.4, 0.5) is 0 Å². The largest absolute Gasteiger partial charge is 0.494 e. The number of amides is 1. The van der Waals surface area contributed by atoms with E-state index in [1.54, 1.807) is 0 Å². The van der Waals surface area contributed by atoms with Crippen LogP contribution in [-0.2, 0) is 11.3 Å². The lowest BCUT2D eigenvalue weighted by molar-refractivity contribution is -0.134. The van der Waals surface area contributed by atoms with Gasteiger partial charge in [-0.25, -0.2) is 0 Å². The number of ether oxygens (including phenoxy) is 1. The molecule has 0 N–H and O–H groups in total. The number of nitrogens with zero attached hydrogens (tertiary/aromatic N) is 3. The van der Waals surface area contributed by atoms with Crippen molar-refractivity contribution in [1.82, 2.24) is 14.7 Å². The summed E-state index contributed by atoms with van der Waals surface area (Å²) in [5.74, 6) is 1.90. The fraction of sp³-hybridized carbons (Fsp3) is 0.667. The van der Waals surface area contributed by atoms with Crippen molar-refractivity contribution < 1.29 is 9.53 Å². The molecule has 1 atom stereocenters. The van der Waals surface area contributed by atoms with Crippen LogP contribution in [0.3, 0.4) is 0 Å². The van der Waals surface area contributed by atoms with Crippen LogP contribution in [-0.4, -0.2) is 73.0 Å². The first kappa shape index (κ1) is 19.2. The highest BCUT2D eigenvalue weighted by atomic mass is 16.5. The molecule has 0 bridgehead atoms. The molecule has 2 aliphatic rings. The molecule has 26 heavy (non-hydrogen) atoms. The van der Waals surface area contributed by atoms with E-state index in [0.29, 0.717) is 25.0 Å². The van der Waals surface area contributed by atoms with E-state index in [4.69, 9.17) is 4.74 Å². The number of hydrogen-bond acceptors (Lipinski definition) is 4. The summed E-state index contributed by atoms with van der Waals surface area (Å²) in [6.45, 7) is 12.4. The van der Waals surface area contributed by atoms with E-state index in [1.165, 1.54) is 12.0 Å². The second kappa shape index (κ2) is 9.38. The Morgan fingerprint density at radius 1 is 1.08 bits per heavy atom. The molecular formula is C21H33N3O2. The highest BCUT2D eigenvalue weighted by Gasteiger charge is 2.24. The molecule has 1 aromatic rings. The number of rotatable bonds is 6. The van der Waals surface area contributed by atoms with Gasteiger partial charge in [-0.2, -0.15) is 0 Å². The maximum absolute atomic E-state index is 12.5. The highest BCUT2D eigenvalue weighted by molar-refractivity contribution is 5.78. The van der Waals surface area contributed by atoms with Gasteiger partial charge in [-0.1, -0.05) is 19.1 Å². The molecule has 2 fully saturated rings. The zero-order chi connectivity index (χ0) is 18.4. The van der Waals surface area contributed by atoms with Gasteiger partial charge in [0, 0.05) is 45.8 Å². The third-order valence-corrected chi connectivity index (χ3v) is 5.47. The predicted molar refractivity (Wildman–Crippen MR) is 104 cm³/mol. The lowest BCUT2D eigenvalue weighted by atomic mass is 10.0. The van der Waals surface area contributed by atoms with Gasteiger partial charge in [-0.3, -0.25) is 14.6 Å². The maximum atomic E-state index is 12.5. The van der Waals surface area contributed by atoms with Crippen LogP contribution in [0.1, 0.15) is 32.3 Å². The van der Waals surface area contributed by atoms with Gasteiger partial charge < -0.3 is 9.64 Å². The number of carbonyl (C=O) groups is 1. The van der Waals surface area contributed by atoms with Crippen molar-refractivity contribution in [1.29, 1.82) is 0 Å². The lowest BCUT2D eigenvalue weighted by Gasteiger charge is -2.37. The maximum Gasteiger partial charge on any atom is 0.236 e. The molecule has 144 valence electrons. The standard InChI is InChI=1S/C21H33N3O2/c1-3-26-20-8-6-19(7-9-20)16-22-11-13-23(14-12-22)17-21(25)24-10-4-5-18(2)15-24/h6-9,18H,3-5,10-17H2,1-2H3. The van der Waals surface area contributed by atoms with Crippen molar-refractivity contribution in [2.75, 3.05) is 52.4 Å². The Bertz CT molecular complexity index is 567. The zero-order valence-corrected chi connectivity index (χ0v) is 16.3. The Labute approximate surface area is 157 Å². The summed E-state index contributed by atoms with van der Waals surface area (Å²) in [6, 6.07) is 8.40. The quantitative estimate of drug-likeness (QED) is 0.782. The fourth-order valence-electron chi connectivity index (χ4n) is 3.93. The number of piperidine rings is 1.